The minimum Gasteiger partial charge on any atom is -0.480 e. The van der Waals surface area contributed by atoms with Gasteiger partial charge in [-0.2, -0.15) is 0 Å². The smallest absolute Gasteiger partial charge is 0.408 e. The Morgan fingerprint density at radius 3 is 1.98 bits per heavy atom. The summed E-state index contributed by atoms with van der Waals surface area (Å²) in [6.07, 6.45) is -0.370. The highest BCUT2D eigenvalue weighted by Crippen LogP contribution is 2.41. The van der Waals surface area contributed by atoms with Crippen molar-refractivity contribution in [3.63, 3.8) is 0 Å². The van der Waals surface area contributed by atoms with Crippen LogP contribution in [0, 0.1) is 16.7 Å². The number of primary amides is 1. The van der Waals surface area contributed by atoms with Gasteiger partial charge in [0.15, 0.2) is 0 Å². The first kappa shape index (κ1) is 37.7. The number of carbonyl (C=O) groups is 6. The fraction of sp³-hybridized carbons (Fsp3) is 0.600. The van der Waals surface area contributed by atoms with Gasteiger partial charge in [-0.25, -0.2) is 14.4 Å². The highest BCUT2D eigenvalue weighted by molar-refractivity contribution is 5.98. The molecule has 0 unspecified atom stereocenters. The lowest BCUT2D eigenvalue weighted by Gasteiger charge is -2.42. The number of urea groups is 1. The Morgan fingerprint density at radius 1 is 0.909 bits per heavy atom. The third kappa shape index (κ3) is 12.1. The lowest BCUT2D eigenvalue weighted by Crippen LogP contribution is -2.55. The van der Waals surface area contributed by atoms with Crippen molar-refractivity contribution in [1.82, 2.24) is 21.3 Å². The SMILES string of the molecule is CC(=O)N[C@@H](C(=O)N[C@H](CCCNC(N)=O)C(=O)Nc1ccc(COC(=O)N[C@@H](C(=O)O)C(C)(C)C(C)(C)C)cc1)C(C)C. The summed E-state index contributed by atoms with van der Waals surface area (Å²) in [5, 5.41) is 22.6. The number of anilines is 1. The quantitative estimate of drug-likeness (QED) is 0.144. The van der Waals surface area contributed by atoms with E-state index in [0.717, 1.165) is 0 Å². The number of alkyl carbamates (subject to hydrolysis) is 1. The number of ether oxygens (including phenoxy) is 1. The molecule has 14 nitrogen and oxygen atoms in total. The molecule has 0 radical (unpaired) electrons. The molecule has 0 saturated carbocycles. The molecule has 1 rings (SSSR count). The van der Waals surface area contributed by atoms with Gasteiger partial charge < -0.3 is 42.2 Å². The molecule has 0 aromatic heterocycles. The van der Waals surface area contributed by atoms with Gasteiger partial charge >= 0.3 is 18.1 Å². The maximum atomic E-state index is 13.1. The van der Waals surface area contributed by atoms with Crippen LogP contribution in [-0.2, 0) is 30.5 Å². The highest BCUT2D eigenvalue weighted by atomic mass is 16.5. The molecular weight excluding hydrogens is 572 g/mol. The van der Waals surface area contributed by atoms with E-state index in [1.54, 1.807) is 52.0 Å². The number of carboxylic acid groups (broad SMARTS) is 1. The van der Waals surface area contributed by atoms with Crippen molar-refractivity contribution in [2.75, 3.05) is 11.9 Å². The van der Waals surface area contributed by atoms with Gasteiger partial charge in [-0.1, -0.05) is 60.6 Å². The van der Waals surface area contributed by atoms with Gasteiger partial charge in [-0.3, -0.25) is 14.4 Å². The van der Waals surface area contributed by atoms with Crippen molar-refractivity contribution in [1.29, 1.82) is 0 Å². The van der Waals surface area contributed by atoms with E-state index in [2.05, 4.69) is 26.6 Å². The Balaban J connectivity index is 2.90. The molecule has 1 aromatic rings. The van der Waals surface area contributed by atoms with Crippen LogP contribution in [0.25, 0.3) is 0 Å². The molecular formula is C30H48N6O8. The third-order valence-electron chi connectivity index (χ3n) is 7.66. The Kier molecular flexibility index (Phi) is 14.1. The molecule has 6 amide bonds. The summed E-state index contributed by atoms with van der Waals surface area (Å²) in [6, 6.07) is 2.67. The summed E-state index contributed by atoms with van der Waals surface area (Å²) in [4.78, 5) is 73.0. The maximum absolute atomic E-state index is 13.1. The van der Waals surface area contributed by atoms with Gasteiger partial charge in [-0.05, 0) is 41.9 Å². The monoisotopic (exact) mass is 620 g/mol. The van der Waals surface area contributed by atoms with Crippen LogP contribution in [0.3, 0.4) is 0 Å². The van der Waals surface area contributed by atoms with Crippen molar-refractivity contribution in [3.05, 3.63) is 29.8 Å². The van der Waals surface area contributed by atoms with Crippen molar-refractivity contribution in [2.24, 2.45) is 22.5 Å². The summed E-state index contributed by atoms with van der Waals surface area (Å²) in [5.41, 5.74) is 4.87. The average molecular weight is 621 g/mol. The Hall–Kier alpha value is -4.36. The van der Waals surface area contributed by atoms with Gasteiger partial charge in [0, 0.05) is 24.6 Å². The number of aliphatic carboxylic acids is 1. The topological polar surface area (TPSA) is 218 Å². The predicted octanol–water partition coefficient (Wildman–Crippen LogP) is 2.47. The molecule has 0 aliphatic rings. The molecule has 0 fully saturated rings. The van der Waals surface area contributed by atoms with Crippen LogP contribution in [0.2, 0.25) is 0 Å². The van der Waals surface area contributed by atoms with E-state index < -0.39 is 58.9 Å². The van der Waals surface area contributed by atoms with E-state index in [0.29, 0.717) is 17.7 Å². The molecule has 0 saturated heterocycles. The predicted molar refractivity (Wildman–Crippen MR) is 164 cm³/mol. The Bertz CT molecular complexity index is 1180. The van der Waals surface area contributed by atoms with Crippen molar-refractivity contribution in [2.45, 2.75) is 93.0 Å². The highest BCUT2D eigenvalue weighted by Gasteiger charge is 2.45. The number of benzene rings is 1. The van der Waals surface area contributed by atoms with E-state index >= 15 is 0 Å². The van der Waals surface area contributed by atoms with Gasteiger partial charge in [0.2, 0.25) is 17.7 Å². The van der Waals surface area contributed by atoms with Crippen LogP contribution < -0.4 is 32.3 Å². The summed E-state index contributed by atoms with van der Waals surface area (Å²) in [7, 11) is 0. The zero-order chi connectivity index (χ0) is 33.8. The Morgan fingerprint density at radius 2 is 1.50 bits per heavy atom. The first-order valence-corrected chi connectivity index (χ1v) is 14.4. The van der Waals surface area contributed by atoms with E-state index in [1.807, 2.05) is 20.8 Å². The van der Waals surface area contributed by atoms with E-state index in [4.69, 9.17) is 10.5 Å². The molecule has 0 aliphatic heterocycles. The average Bonchev–Trinajstić information content (AvgIpc) is 2.90. The molecule has 0 heterocycles. The summed E-state index contributed by atoms with van der Waals surface area (Å²) >= 11 is 0. The third-order valence-corrected chi connectivity index (χ3v) is 7.66. The van der Waals surface area contributed by atoms with Crippen LogP contribution in [-0.4, -0.2) is 65.6 Å². The van der Waals surface area contributed by atoms with Crippen LogP contribution in [0.1, 0.15) is 73.8 Å². The summed E-state index contributed by atoms with van der Waals surface area (Å²) in [6.45, 7) is 14.1. The summed E-state index contributed by atoms with van der Waals surface area (Å²) in [5.74, 6) is -2.85. The standard InChI is InChI=1S/C30H48N6O8/c1-17(2)22(33-18(3)37)25(39)35-21(10-9-15-32-27(31)42)24(38)34-20-13-11-19(12-14-20)16-44-28(43)36-23(26(40)41)30(7,8)29(4,5)6/h11-14,17,21-23H,9-10,15-16H2,1-8H3,(H,33,37)(H,34,38)(H,35,39)(H,36,43)(H,40,41)(H3,31,32,42)/t21-,22-,23+/m1/s1. The molecule has 0 aliphatic carbocycles. The van der Waals surface area contributed by atoms with E-state index in [1.165, 1.54) is 6.92 Å². The fourth-order valence-corrected chi connectivity index (χ4v) is 4.01. The Labute approximate surface area is 258 Å². The number of carbonyl (C=O) groups excluding carboxylic acids is 5. The first-order chi connectivity index (χ1) is 20.3. The lowest BCUT2D eigenvalue weighted by molar-refractivity contribution is -0.145. The molecule has 8 N–H and O–H groups in total. The van der Waals surface area contributed by atoms with Crippen molar-refractivity contribution < 1.29 is 38.6 Å². The zero-order valence-corrected chi connectivity index (χ0v) is 26.8. The number of nitrogens with two attached hydrogens (primary N) is 1. The second kappa shape index (κ2) is 16.5. The summed E-state index contributed by atoms with van der Waals surface area (Å²) < 4.78 is 5.24. The minimum absolute atomic E-state index is 0.145. The van der Waals surface area contributed by atoms with E-state index in [9.17, 15) is 33.9 Å². The fourth-order valence-electron chi connectivity index (χ4n) is 4.01. The van der Waals surface area contributed by atoms with Crippen LogP contribution in [0.5, 0.6) is 0 Å². The van der Waals surface area contributed by atoms with Gasteiger partial charge in [0.1, 0.15) is 24.7 Å². The normalized spacial score (nSPS) is 13.6. The maximum Gasteiger partial charge on any atom is 0.408 e. The molecule has 14 heteroatoms. The molecule has 1 aromatic carbocycles. The van der Waals surface area contributed by atoms with E-state index in [-0.39, 0.29) is 31.4 Å². The molecule has 3 atom stereocenters. The van der Waals surface area contributed by atoms with Gasteiger partial charge in [0.05, 0.1) is 0 Å². The molecule has 246 valence electrons. The largest absolute Gasteiger partial charge is 0.480 e. The van der Waals surface area contributed by atoms with Gasteiger partial charge in [-0.15, -0.1) is 0 Å². The van der Waals surface area contributed by atoms with Crippen molar-refractivity contribution >= 4 is 41.5 Å². The second-order valence-electron chi connectivity index (χ2n) is 12.6. The first-order valence-electron chi connectivity index (χ1n) is 14.4. The number of nitrogens with one attached hydrogen (secondary N) is 5. The number of hydrogen-bond acceptors (Lipinski definition) is 7. The molecule has 0 spiro atoms. The number of carboxylic acids is 1. The van der Waals surface area contributed by atoms with Crippen LogP contribution in [0.4, 0.5) is 15.3 Å². The lowest BCUT2D eigenvalue weighted by atomic mass is 9.65. The molecule has 0 bridgehead atoms. The number of hydrogen-bond donors (Lipinski definition) is 7. The number of rotatable bonds is 15. The van der Waals surface area contributed by atoms with Gasteiger partial charge in [0.25, 0.3) is 0 Å². The van der Waals surface area contributed by atoms with Crippen LogP contribution in [0.15, 0.2) is 24.3 Å². The van der Waals surface area contributed by atoms with Crippen molar-refractivity contribution in [3.8, 4) is 0 Å². The zero-order valence-electron chi connectivity index (χ0n) is 26.8. The van der Waals surface area contributed by atoms with Crippen LogP contribution >= 0.6 is 0 Å². The minimum atomic E-state index is -1.18. The number of amides is 6. The molecule has 44 heavy (non-hydrogen) atoms. The second-order valence-corrected chi connectivity index (χ2v) is 12.6.